The fourth-order valence-corrected chi connectivity index (χ4v) is 2.45. The number of nitrogens with zero attached hydrogens (tertiary/aromatic N) is 1. The summed E-state index contributed by atoms with van der Waals surface area (Å²) in [6, 6.07) is 5.14. The fraction of sp³-hybridized carbons (Fsp3) is 0.533. The van der Waals surface area contributed by atoms with Crippen molar-refractivity contribution in [2.75, 3.05) is 26.8 Å². The second-order valence-electron chi connectivity index (χ2n) is 5.29. The predicted octanol–water partition coefficient (Wildman–Crippen LogP) is 2.20. The first kappa shape index (κ1) is 13.9. The van der Waals surface area contributed by atoms with Crippen molar-refractivity contribution >= 4 is 5.91 Å². The van der Waals surface area contributed by atoms with Crippen LogP contribution in [-0.4, -0.2) is 42.7 Å². The van der Waals surface area contributed by atoms with Gasteiger partial charge < -0.3 is 14.7 Å². The first-order valence-electron chi connectivity index (χ1n) is 6.70. The maximum Gasteiger partial charge on any atom is 0.257 e. The van der Waals surface area contributed by atoms with Gasteiger partial charge in [0.2, 0.25) is 0 Å². The monoisotopic (exact) mass is 263 g/mol. The minimum atomic E-state index is -0.136. The number of phenols is 1. The van der Waals surface area contributed by atoms with Crippen molar-refractivity contribution in [1.82, 2.24) is 4.90 Å². The maximum absolute atomic E-state index is 12.3. The normalized spacial score (nSPS) is 19.2. The van der Waals surface area contributed by atoms with Crippen molar-refractivity contribution in [2.24, 2.45) is 5.92 Å². The van der Waals surface area contributed by atoms with Crippen molar-refractivity contribution in [3.05, 3.63) is 29.3 Å². The number of aryl methyl sites for hydroxylation is 1. The highest BCUT2D eigenvalue weighted by Gasteiger charge is 2.21. The van der Waals surface area contributed by atoms with Gasteiger partial charge in [-0.05, 0) is 43.4 Å². The molecule has 1 aromatic rings. The molecule has 1 heterocycles. The molecular weight excluding hydrogens is 242 g/mol. The Morgan fingerprint density at radius 3 is 2.95 bits per heavy atom. The quantitative estimate of drug-likeness (QED) is 0.909. The molecule has 1 saturated heterocycles. The van der Waals surface area contributed by atoms with Crippen LogP contribution in [0.1, 0.15) is 28.8 Å². The SMILES string of the molecule is Cc1ccc(C(=O)N(C)CC2CCCOC2)c(O)c1. The molecule has 0 aromatic heterocycles. The Morgan fingerprint density at radius 1 is 1.53 bits per heavy atom. The predicted molar refractivity (Wildman–Crippen MR) is 73.3 cm³/mol. The van der Waals surface area contributed by atoms with Gasteiger partial charge in [-0.3, -0.25) is 4.79 Å². The third-order valence-electron chi connectivity index (χ3n) is 3.52. The van der Waals surface area contributed by atoms with Gasteiger partial charge in [0, 0.05) is 20.2 Å². The van der Waals surface area contributed by atoms with Crippen molar-refractivity contribution in [3.63, 3.8) is 0 Å². The van der Waals surface area contributed by atoms with Crippen molar-refractivity contribution < 1.29 is 14.6 Å². The summed E-state index contributed by atoms with van der Waals surface area (Å²) >= 11 is 0. The molecule has 104 valence electrons. The van der Waals surface area contributed by atoms with E-state index in [4.69, 9.17) is 4.74 Å². The largest absolute Gasteiger partial charge is 0.507 e. The molecule has 0 radical (unpaired) electrons. The van der Waals surface area contributed by atoms with E-state index < -0.39 is 0 Å². The van der Waals surface area contributed by atoms with Crippen molar-refractivity contribution in [2.45, 2.75) is 19.8 Å². The molecule has 4 heteroatoms. The first-order chi connectivity index (χ1) is 9.08. The van der Waals surface area contributed by atoms with Gasteiger partial charge in [-0.1, -0.05) is 6.07 Å². The molecule has 1 aliphatic rings. The Kier molecular flexibility index (Phi) is 4.43. The topological polar surface area (TPSA) is 49.8 Å². The zero-order valence-corrected chi connectivity index (χ0v) is 11.6. The highest BCUT2D eigenvalue weighted by atomic mass is 16.5. The van der Waals surface area contributed by atoms with Gasteiger partial charge in [-0.25, -0.2) is 0 Å². The third-order valence-corrected chi connectivity index (χ3v) is 3.52. The smallest absolute Gasteiger partial charge is 0.257 e. The minimum Gasteiger partial charge on any atom is -0.507 e. The van der Waals surface area contributed by atoms with Crippen LogP contribution in [0.25, 0.3) is 0 Å². The molecule has 4 nitrogen and oxygen atoms in total. The summed E-state index contributed by atoms with van der Waals surface area (Å²) in [5.74, 6) is 0.315. The lowest BCUT2D eigenvalue weighted by molar-refractivity contribution is 0.0388. The van der Waals surface area contributed by atoms with Crippen LogP contribution < -0.4 is 0 Å². The van der Waals surface area contributed by atoms with Crippen LogP contribution in [0.4, 0.5) is 0 Å². The van der Waals surface area contributed by atoms with Crippen LogP contribution in [-0.2, 0) is 4.74 Å². The van der Waals surface area contributed by atoms with Gasteiger partial charge >= 0.3 is 0 Å². The summed E-state index contributed by atoms with van der Waals surface area (Å²) in [7, 11) is 1.77. The third kappa shape index (κ3) is 3.47. The summed E-state index contributed by atoms with van der Waals surface area (Å²) in [6.07, 6.45) is 2.15. The summed E-state index contributed by atoms with van der Waals surface area (Å²) < 4.78 is 5.42. The number of benzene rings is 1. The van der Waals surface area contributed by atoms with Gasteiger partial charge in [0.05, 0.1) is 12.2 Å². The molecule has 2 rings (SSSR count). The number of hydrogen-bond donors (Lipinski definition) is 1. The van der Waals surface area contributed by atoms with Gasteiger partial charge in [-0.15, -0.1) is 0 Å². The number of amides is 1. The molecule has 1 atom stereocenters. The Labute approximate surface area is 114 Å². The molecule has 1 aliphatic heterocycles. The molecule has 0 spiro atoms. The van der Waals surface area contributed by atoms with Crippen LogP contribution in [0.2, 0.25) is 0 Å². The molecule has 0 bridgehead atoms. The number of aromatic hydroxyl groups is 1. The molecule has 1 amide bonds. The van der Waals surface area contributed by atoms with Crippen LogP contribution in [0.3, 0.4) is 0 Å². The zero-order chi connectivity index (χ0) is 13.8. The number of hydrogen-bond acceptors (Lipinski definition) is 3. The van der Waals surface area contributed by atoms with Gasteiger partial charge in [0.25, 0.3) is 5.91 Å². The second kappa shape index (κ2) is 6.06. The molecule has 1 N–H and O–H groups in total. The molecule has 1 aromatic carbocycles. The lowest BCUT2D eigenvalue weighted by atomic mass is 10.0. The molecule has 19 heavy (non-hydrogen) atoms. The van der Waals surface area contributed by atoms with Crippen LogP contribution >= 0.6 is 0 Å². The van der Waals surface area contributed by atoms with Gasteiger partial charge in [0.1, 0.15) is 5.75 Å². The number of carbonyl (C=O) groups is 1. The van der Waals surface area contributed by atoms with Gasteiger partial charge in [-0.2, -0.15) is 0 Å². The summed E-state index contributed by atoms with van der Waals surface area (Å²) in [5, 5.41) is 9.84. The Balaban J connectivity index is 2.01. The average molecular weight is 263 g/mol. The molecule has 0 aliphatic carbocycles. The lowest BCUT2D eigenvalue weighted by Crippen LogP contribution is -2.35. The van der Waals surface area contributed by atoms with E-state index in [9.17, 15) is 9.90 Å². The maximum atomic E-state index is 12.3. The Bertz CT molecular complexity index is 453. The highest BCUT2D eigenvalue weighted by Crippen LogP contribution is 2.21. The molecule has 1 unspecified atom stereocenters. The number of ether oxygens (including phenoxy) is 1. The van der Waals surface area contributed by atoms with E-state index in [1.165, 1.54) is 0 Å². The van der Waals surface area contributed by atoms with Crippen molar-refractivity contribution in [3.8, 4) is 5.75 Å². The van der Waals surface area contributed by atoms with E-state index in [0.717, 1.165) is 31.6 Å². The van der Waals surface area contributed by atoms with Gasteiger partial charge in [0.15, 0.2) is 0 Å². The van der Waals surface area contributed by atoms with Crippen LogP contribution in [0, 0.1) is 12.8 Å². The standard InChI is InChI=1S/C15H21NO3/c1-11-5-6-13(14(17)8-11)15(18)16(2)9-12-4-3-7-19-10-12/h5-6,8,12,17H,3-4,7,9-10H2,1-2H3. The molecular formula is C15H21NO3. The number of rotatable bonds is 3. The zero-order valence-electron chi connectivity index (χ0n) is 11.6. The van der Waals surface area contributed by atoms with Crippen LogP contribution in [0.5, 0.6) is 5.75 Å². The fourth-order valence-electron chi connectivity index (χ4n) is 2.45. The highest BCUT2D eigenvalue weighted by molar-refractivity contribution is 5.96. The molecule has 1 fully saturated rings. The summed E-state index contributed by atoms with van der Waals surface area (Å²) in [6.45, 7) is 4.10. The van der Waals surface area contributed by atoms with Crippen molar-refractivity contribution in [1.29, 1.82) is 0 Å². The van der Waals surface area contributed by atoms with E-state index in [0.29, 0.717) is 18.0 Å². The number of phenolic OH excluding ortho intramolecular Hbond substituents is 1. The van der Waals surface area contributed by atoms with E-state index in [-0.39, 0.29) is 11.7 Å². The second-order valence-corrected chi connectivity index (χ2v) is 5.29. The number of carbonyl (C=O) groups excluding carboxylic acids is 1. The summed E-state index contributed by atoms with van der Waals surface area (Å²) in [5.41, 5.74) is 1.31. The lowest BCUT2D eigenvalue weighted by Gasteiger charge is -2.27. The Morgan fingerprint density at radius 2 is 2.32 bits per heavy atom. The average Bonchev–Trinajstić information content (AvgIpc) is 2.39. The molecule has 0 saturated carbocycles. The van der Waals surface area contributed by atoms with E-state index in [2.05, 4.69) is 0 Å². The Hall–Kier alpha value is -1.55. The first-order valence-corrected chi connectivity index (χ1v) is 6.70. The minimum absolute atomic E-state index is 0.0525. The van der Waals surface area contributed by atoms with Crippen LogP contribution in [0.15, 0.2) is 18.2 Å². The van der Waals surface area contributed by atoms with E-state index in [1.807, 2.05) is 13.0 Å². The van der Waals surface area contributed by atoms with E-state index in [1.54, 1.807) is 24.1 Å². The van der Waals surface area contributed by atoms with E-state index >= 15 is 0 Å². The summed E-state index contributed by atoms with van der Waals surface area (Å²) in [4.78, 5) is 13.9.